The molecule has 1 amide bonds. The summed E-state index contributed by atoms with van der Waals surface area (Å²) < 4.78 is 2.27. The van der Waals surface area contributed by atoms with Crippen LogP contribution in [0, 0.1) is 0 Å². The van der Waals surface area contributed by atoms with E-state index in [4.69, 9.17) is 15.8 Å². The fourth-order valence-corrected chi connectivity index (χ4v) is 3.90. The van der Waals surface area contributed by atoms with Crippen LogP contribution in [-0.4, -0.2) is 26.5 Å². The van der Waals surface area contributed by atoms with Crippen LogP contribution in [0.1, 0.15) is 47.6 Å². The van der Waals surface area contributed by atoms with E-state index in [1.54, 1.807) is 18.2 Å². The first-order valence-electron chi connectivity index (χ1n) is 9.36. The molecule has 0 atom stereocenters. The summed E-state index contributed by atoms with van der Waals surface area (Å²) in [5.74, 6) is -0.580. The second-order valence-corrected chi connectivity index (χ2v) is 7.11. The highest BCUT2D eigenvalue weighted by Crippen LogP contribution is 2.37. The van der Waals surface area contributed by atoms with Crippen LogP contribution in [0.2, 0.25) is 0 Å². The third kappa shape index (κ3) is 3.41. The Morgan fingerprint density at radius 2 is 1.82 bits per heavy atom. The summed E-state index contributed by atoms with van der Waals surface area (Å²) in [6.07, 6.45) is 7.29. The van der Waals surface area contributed by atoms with E-state index in [9.17, 15) is 9.59 Å². The largest absolute Gasteiger partial charge is 0.478 e. The fraction of sp³-hybridized carbons (Fsp3) is 0.227. The highest BCUT2D eigenvalue weighted by molar-refractivity contribution is 5.96. The third-order valence-corrected chi connectivity index (χ3v) is 5.25. The van der Waals surface area contributed by atoms with Crippen LogP contribution in [0.4, 0.5) is 0 Å². The predicted molar refractivity (Wildman–Crippen MR) is 108 cm³/mol. The van der Waals surface area contributed by atoms with E-state index < -0.39 is 11.9 Å². The number of nitrogens with two attached hydrogens (primary N) is 1. The monoisotopic (exact) mass is 375 g/mol. The van der Waals surface area contributed by atoms with E-state index in [2.05, 4.69) is 4.57 Å². The van der Waals surface area contributed by atoms with Gasteiger partial charge in [0.05, 0.1) is 11.0 Å². The zero-order chi connectivity index (χ0) is 19.7. The molecule has 0 bridgehead atoms. The summed E-state index contributed by atoms with van der Waals surface area (Å²) in [5, 5.41) is 8.77. The molecule has 0 unspecified atom stereocenters. The molecule has 6 nitrogen and oxygen atoms in total. The van der Waals surface area contributed by atoms with Gasteiger partial charge in [0.25, 0.3) is 0 Å². The van der Waals surface area contributed by atoms with Crippen molar-refractivity contribution >= 4 is 29.0 Å². The highest BCUT2D eigenvalue weighted by Gasteiger charge is 2.23. The number of nitrogens with zero attached hydrogens (tertiary/aromatic N) is 2. The lowest BCUT2D eigenvalue weighted by Crippen LogP contribution is -2.10. The first kappa shape index (κ1) is 18.0. The standard InChI is InChI=1S/C22H21N3O3/c23-21(28)16-10-11-19-18(13-16)24-22(25(19)17-3-1-2-4-17)15-8-5-14(6-9-15)7-12-20(26)27/h5-13,17H,1-4H2,(H2,23,28)(H,26,27)/b12-7+. The lowest BCUT2D eigenvalue weighted by atomic mass is 10.1. The molecule has 0 saturated heterocycles. The van der Waals surface area contributed by atoms with Gasteiger partial charge in [-0.05, 0) is 42.7 Å². The van der Waals surface area contributed by atoms with Crippen LogP contribution in [0.25, 0.3) is 28.5 Å². The number of aromatic nitrogens is 2. The maximum Gasteiger partial charge on any atom is 0.328 e. The Kier molecular flexibility index (Phi) is 4.69. The number of carboxylic acids is 1. The number of aliphatic carboxylic acids is 1. The predicted octanol–water partition coefficient (Wildman–Crippen LogP) is 4.02. The van der Waals surface area contributed by atoms with Crippen molar-refractivity contribution in [1.29, 1.82) is 0 Å². The SMILES string of the molecule is NC(=O)c1ccc2c(c1)nc(-c1ccc(/C=C/C(=O)O)cc1)n2C1CCCC1. The van der Waals surface area contributed by atoms with Gasteiger partial charge >= 0.3 is 5.97 Å². The number of carboxylic acid groups (broad SMARTS) is 1. The van der Waals surface area contributed by atoms with Gasteiger partial charge in [-0.25, -0.2) is 9.78 Å². The summed E-state index contributed by atoms with van der Waals surface area (Å²) in [4.78, 5) is 27.1. The van der Waals surface area contributed by atoms with Crippen molar-refractivity contribution in [2.45, 2.75) is 31.7 Å². The molecule has 1 aliphatic carbocycles. The second-order valence-electron chi connectivity index (χ2n) is 7.11. The molecule has 142 valence electrons. The van der Waals surface area contributed by atoms with Gasteiger partial charge in [0.2, 0.25) is 5.91 Å². The maximum atomic E-state index is 11.5. The van der Waals surface area contributed by atoms with Crippen molar-refractivity contribution in [2.24, 2.45) is 5.73 Å². The van der Waals surface area contributed by atoms with Crippen molar-refractivity contribution in [2.75, 3.05) is 0 Å². The molecular weight excluding hydrogens is 354 g/mol. The normalized spacial score (nSPS) is 14.9. The summed E-state index contributed by atoms with van der Waals surface area (Å²) in [6.45, 7) is 0. The van der Waals surface area contributed by atoms with Gasteiger partial charge in [-0.1, -0.05) is 37.1 Å². The molecule has 0 aliphatic heterocycles. The van der Waals surface area contributed by atoms with E-state index in [-0.39, 0.29) is 0 Å². The minimum atomic E-state index is -0.975. The van der Waals surface area contributed by atoms with Crippen LogP contribution >= 0.6 is 0 Å². The van der Waals surface area contributed by atoms with Crippen molar-refractivity contribution in [3.63, 3.8) is 0 Å². The highest BCUT2D eigenvalue weighted by atomic mass is 16.4. The van der Waals surface area contributed by atoms with Crippen LogP contribution in [-0.2, 0) is 4.79 Å². The van der Waals surface area contributed by atoms with Crippen molar-refractivity contribution in [3.8, 4) is 11.4 Å². The zero-order valence-corrected chi connectivity index (χ0v) is 15.3. The van der Waals surface area contributed by atoms with E-state index in [1.165, 1.54) is 12.8 Å². The second kappa shape index (κ2) is 7.31. The number of rotatable bonds is 5. The third-order valence-electron chi connectivity index (χ3n) is 5.25. The topological polar surface area (TPSA) is 98.2 Å². The number of hydrogen-bond acceptors (Lipinski definition) is 3. The first-order valence-corrected chi connectivity index (χ1v) is 9.36. The van der Waals surface area contributed by atoms with Gasteiger partial charge in [-0.3, -0.25) is 4.79 Å². The Labute approximate surface area is 162 Å². The van der Waals surface area contributed by atoms with Crippen molar-refractivity contribution in [3.05, 3.63) is 59.7 Å². The van der Waals surface area contributed by atoms with Gasteiger partial charge in [0, 0.05) is 23.2 Å². The number of benzene rings is 2. The molecule has 0 radical (unpaired) electrons. The minimum Gasteiger partial charge on any atom is -0.478 e. The molecule has 1 saturated carbocycles. The first-order chi connectivity index (χ1) is 13.5. The lowest BCUT2D eigenvalue weighted by molar-refractivity contribution is -0.131. The molecule has 6 heteroatoms. The van der Waals surface area contributed by atoms with Crippen LogP contribution in [0.5, 0.6) is 0 Å². The molecule has 1 heterocycles. The smallest absolute Gasteiger partial charge is 0.328 e. The Morgan fingerprint density at radius 1 is 1.11 bits per heavy atom. The molecule has 28 heavy (non-hydrogen) atoms. The summed E-state index contributed by atoms with van der Waals surface area (Å²) in [5.41, 5.74) is 9.40. The van der Waals surface area contributed by atoms with Crippen LogP contribution in [0.3, 0.4) is 0 Å². The van der Waals surface area contributed by atoms with Gasteiger partial charge < -0.3 is 15.4 Å². The molecule has 3 aromatic rings. The molecule has 1 aromatic heterocycles. The number of carbonyl (C=O) groups is 2. The Bertz CT molecular complexity index is 1070. The fourth-order valence-electron chi connectivity index (χ4n) is 3.90. The van der Waals surface area contributed by atoms with Gasteiger partial charge in [0.15, 0.2) is 0 Å². The van der Waals surface area contributed by atoms with Crippen molar-refractivity contribution in [1.82, 2.24) is 9.55 Å². The zero-order valence-electron chi connectivity index (χ0n) is 15.3. The quantitative estimate of drug-likeness (QED) is 0.658. The number of imidazole rings is 1. The number of primary amides is 1. The van der Waals surface area contributed by atoms with Crippen LogP contribution < -0.4 is 5.73 Å². The Balaban J connectivity index is 1.81. The minimum absolute atomic E-state index is 0.381. The molecular formula is C22H21N3O3. The van der Waals surface area contributed by atoms with E-state index in [1.807, 2.05) is 30.3 Å². The Hall–Kier alpha value is -3.41. The van der Waals surface area contributed by atoms with Gasteiger partial charge in [-0.15, -0.1) is 0 Å². The Morgan fingerprint density at radius 3 is 2.46 bits per heavy atom. The van der Waals surface area contributed by atoms with Crippen molar-refractivity contribution < 1.29 is 14.7 Å². The lowest BCUT2D eigenvalue weighted by Gasteiger charge is -2.16. The molecule has 1 fully saturated rings. The molecule has 4 rings (SSSR count). The summed E-state index contributed by atoms with van der Waals surface area (Å²) in [7, 11) is 0. The van der Waals surface area contributed by atoms with Crippen LogP contribution in [0.15, 0.2) is 48.5 Å². The average molecular weight is 375 g/mol. The molecule has 0 spiro atoms. The van der Waals surface area contributed by atoms with Gasteiger partial charge in [0.1, 0.15) is 5.82 Å². The summed E-state index contributed by atoms with van der Waals surface area (Å²) in [6, 6.07) is 13.5. The summed E-state index contributed by atoms with van der Waals surface area (Å²) >= 11 is 0. The molecule has 2 aromatic carbocycles. The maximum absolute atomic E-state index is 11.5. The molecule has 1 aliphatic rings. The van der Waals surface area contributed by atoms with E-state index in [0.29, 0.717) is 11.6 Å². The van der Waals surface area contributed by atoms with Gasteiger partial charge in [-0.2, -0.15) is 0 Å². The molecule has 3 N–H and O–H groups in total. The number of hydrogen-bond donors (Lipinski definition) is 2. The van der Waals surface area contributed by atoms with E-state index in [0.717, 1.165) is 46.9 Å². The number of fused-ring (bicyclic) bond motifs is 1. The van der Waals surface area contributed by atoms with E-state index >= 15 is 0 Å². The number of amides is 1. The average Bonchev–Trinajstić information content (AvgIpc) is 3.33. The number of carbonyl (C=O) groups excluding carboxylic acids is 1.